The van der Waals surface area contributed by atoms with Crippen LogP contribution in [0.3, 0.4) is 0 Å². The Bertz CT molecular complexity index is 354. The van der Waals surface area contributed by atoms with E-state index in [0.717, 1.165) is 0 Å². The van der Waals surface area contributed by atoms with Crippen LogP contribution in [-0.2, 0) is 0 Å². The number of hydrogen-bond donors (Lipinski definition) is 0. The van der Waals surface area contributed by atoms with Gasteiger partial charge in [-0.2, -0.15) is 0 Å². The molecule has 0 saturated carbocycles. The monoisotopic (exact) mass is 221 g/mol. The van der Waals surface area contributed by atoms with Crippen molar-refractivity contribution in [3.63, 3.8) is 0 Å². The highest BCUT2D eigenvalue weighted by molar-refractivity contribution is 6.33. The Morgan fingerprint density at radius 2 is 2.23 bits per heavy atom. The second-order valence-electron chi connectivity index (χ2n) is 2.37. The maximum Gasteiger partial charge on any atom is 0.171 e. The normalized spacial score (nSPS) is 10.2. The van der Waals surface area contributed by atoms with Crippen molar-refractivity contribution < 1.29 is 9.18 Å². The first-order chi connectivity index (χ1) is 6.06. The van der Waals surface area contributed by atoms with Crippen LogP contribution in [0, 0.1) is 5.82 Å². The molecule has 0 fully saturated rings. The van der Waals surface area contributed by atoms with Gasteiger partial charge in [0.2, 0.25) is 0 Å². The smallest absolute Gasteiger partial charge is 0.171 e. The van der Waals surface area contributed by atoms with Crippen molar-refractivity contribution in [2.24, 2.45) is 0 Å². The van der Waals surface area contributed by atoms with Crippen molar-refractivity contribution in [2.45, 2.75) is 13.3 Å². The number of Topliss-reactive ketones (excluding diaryl/α,β-unsaturated/α-hetero) is 1. The number of carbonyl (C=O) groups excluding carboxylic acids is 1. The number of hydrogen-bond acceptors (Lipinski definition) is 2. The summed E-state index contributed by atoms with van der Waals surface area (Å²) in [5.74, 6) is -1.15. The van der Waals surface area contributed by atoms with E-state index >= 15 is 0 Å². The molecular formula is C8H6Cl2FNO. The molecule has 13 heavy (non-hydrogen) atoms. The number of halogens is 3. The summed E-state index contributed by atoms with van der Waals surface area (Å²) in [4.78, 5) is 14.6. The molecule has 0 unspecified atom stereocenters. The minimum absolute atomic E-state index is 0.0169. The molecule has 1 rings (SSSR count). The minimum atomic E-state index is -0.807. The molecule has 0 radical (unpaired) electrons. The van der Waals surface area contributed by atoms with E-state index in [2.05, 4.69) is 4.98 Å². The van der Waals surface area contributed by atoms with Gasteiger partial charge in [0.1, 0.15) is 5.15 Å². The van der Waals surface area contributed by atoms with E-state index in [1.54, 1.807) is 6.92 Å². The molecule has 0 amide bonds. The van der Waals surface area contributed by atoms with Crippen LogP contribution in [0.5, 0.6) is 0 Å². The number of aromatic nitrogens is 1. The zero-order valence-corrected chi connectivity index (χ0v) is 8.29. The van der Waals surface area contributed by atoms with Crippen LogP contribution in [0.25, 0.3) is 0 Å². The maximum absolute atomic E-state index is 13.1. The molecule has 0 atom stereocenters. The zero-order chi connectivity index (χ0) is 10.0. The first-order valence-electron chi connectivity index (χ1n) is 3.61. The van der Waals surface area contributed by atoms with Gasteiger partial charge >= 0.3 is 0 Å². The molecule has 0 N–H and O–H groups in total. The van der Waals surface area contributed by atoms with Gasteiger partial charge in [0.15, 0.2) is 16.8 Å². The second kappa shape index (κ2) is 4.03. The summed E-state index contributed by atoms with van der Waals surface area (Å²) in [6, 6.07) is 1.18. The van der Waals surface area contributed by atoms with Crippen LogP contribution < -0.4 is 0 Å². The van der Waals surface area contributed by atoms with E-state index in [1.165, 1.54) is 6.07 Å². The molecule has 1 aromatic rings. The number of ketones is 1. The van der Waals surface area contributed by atoms with Gasteiger partial charge in [0, 0.05) is 6.42 Å². The van der Waals surface area contributed by atoms with Crippen molar-refractivity contribution in [3.8, 4) is 0 Å². The summed E-state index contributed by atoms with van der Waals surface area (Å²) in [6.45, 7) is 1.63. The Morgan fingerprint density at radius 1 is 1.62 bits per heavy atom. The molecule has 0 saturated heterocycles. The predicted molar refractivity (Wildman–Crippen MR) is 48.8 cm³/mol. The third kappa shape index (κ3) is 2.17. The lowest BCUT2D eigenvalue weighted by molar-refractivity contribution is 0.0984. The number of rotatable bonds is 2. The summed E-state index contributed by atoms with van der Waals surface area (Å²) in [7, 11) is 0. The van der Waals surface area contributed by atoms with Crippen molar-refractivity contribution >= 4 is 29.0 Å². The fourth-order valence-corrected chi connectivity index (χ4v) is 1.29. The van der Waals surface area contributed by atoms with Gasteiger partial charge in [-0.3, -0.25) is 4.79 Å². The van der Waals surface area contributed by atoms with Gasteiger partial charge in [-0.25, -0.2) is 9.37 Å². The molecule has 0 aliphatic carbocycles. The standard InChI is InChI=1S/C8H6Cl2FNO/c1-2-5(13)4-3-6(9)12-8(10)7(4)11/h3H,2H2,1H3. The highest BCUT2D eigenvalue weighted by atomic mass is 35.5. The zero-order valence-electron chi connectivity index (χ0n) is 6.77. The van der Waals surface area contributed by atoms with Crippen molar-refractivity contribution in [1.29, 1.82) is 0 Å². The molecule has 1 aromatic heterocycles. The fraction of sp³-hybridized carbons (Fsp3) is 0.250. The van der Waals surface area contributed by atoms with Gasteiger partial charge in [-0.1, -0.05) is 30.1 Å². The minimum Gasteiger partial charge on any atom is -0.294 e. The van der Waals surface area contributed by atoms with Crippen LogP contribution >= 0.6 is 23.2 Å². The lowest BCUT2D eigenvalue weighted by Gasteiger charge is -2.01. The molecule has 1 heterocycles. The average Bonchev–Trinajstić information content (AvgIpc) is 2.10. The van der Waals surface area contributed by atoms with E-state index in [4.69, 9.17) is 23.2 Å². The summed E-state index contributed by atoms with van der Waals surface area (Å²) in [5.41, 5.74) is -0.104. The molecule has 0 aliphatic heterocycles. The largest absolute Gasteiger partial charge is 0.294 e. The average molecular weight is 222 g/mol. The van der Waals surface area contributed by atoms with Crippen LogP contribution in [-0.4, -0.2) is 10.8 Å². The SMILES string of the molecule is CCC(=O)c1cc(Cl)nc(Cl)c1F. The van der Waals surface area contributed by atoms with Crippen molar-refractivity contribution in [2.75, 3.05) is 0 Å². The van der Waals surface area contributed by atoms with E-state index in [1.807, 2.05) is 0 Å². The Labute approximate surface area is 84.7 Å². The van der Waals surface area contributed by atoms with Gasteiger partial charge in [-0.15, -0.1) is 0 Å². The molecule has 5 heteroatoms. The maximum atomic E-state index is 13.1. The van der Waals surface area contributed by atoms with Crippen LogP contribution in [0.4, 0.5) is 4.39 Å². The Hall–Kier alpha value is -0.670. The third-order valence-electron chi connectivity index (χ3n) is 1.51. The Kier molecular flexibility index (Phi) is 3.22. The third-order valence-corrected chi connectivity index (χ3v) is 1.95. The molecule has 0 spiro atoms. The van der Waals surface area contributed by atoms with Gasteiger partial charge in [-0.05, 0) is 6.07 Å². The van der Waals surface area contributed by atoms with Crippen molar-refractivity contribution in [3.05, 3.63) is 27.8 Å². The first kappa shape index (κ1) is 10.4. The second-order valence-corrected chi connectivity index (χ2v) is 3.12. The summed E-state index contributed by atoms with van der Waals surface area (Å²) < 4.78 is 13.1. The van der Waals surface area contributed by atoms with Crippen LogP contribution in [0.15, 0.2) is 6.07 Å². The van der Waals surface area contributed by atoms with E-state index in [-0.39, 0.29) is 28.1 Å². The predicted octanol–water partition coefficient (Wildman–Crippen LogP) is 3.12. The lowest BCUT2D eigenvalue weighted by Crippen LogP contribution is -2.02. The van der Waals surface area contributed by atoms with E-state index in [0.29, 0.717) is 0 Å². The van der Waals surface area contributed by atoms with Gasteiger partial charge in [0.05, 0.1) is 5.56 Å². The molecule has 70 valence electrons. The summed E-state index contributed by atoms with van der Waals surface area (Å²) in [6.07, 6.45) is 0.202. The summed E-state index contributed by atoms with van der Waals surface area (Å²) >= 11 is 10.9. The van der Waals surface area contributed by atoms with Crippen LogP contribution in [0.1, 0.15) is 23.7 Å². The Morgan fingerprint density at radius 3 is 2.77 bits per heavy atom. The Balaban J connectivity index is 3.28. The van der Waals surface area contributed by atoms with E-state index in [9.17, 15) is 9.18 Å². The van der Waals surface area contributed by atoms with E-state index < -0.39 is 5.82 Å². The fourth-order valence-electron chi connectivity index (χ4n) is 0.862. The molecular weight excluding hydrogens is 216 g/mol. The first-order valence-corrected chi connectivity index (χ1v) is 4.36. The number of carbonyl (C=O) groups is 1. The molecule has 0 aromatic carbocycles. The van der Waals surface area contributed by atoms with Crippen LogP contribution in [0.2, 0.25) is 10.3 Å². The lowest BCUT2D eigenvalue weighted by atomic mass is 10.1. The van der Waals surface area contributed by atoms with Gasteiger partial charge in [0.25, 0.3) is 0 Å². The topological polar surface area (TPSA) is 30.0 Å². The molecule has 0 bridgehead atoms. The number of nitrogens with zero attached hydrogens (tertiary/aromatic N) is 1. The highest BCUT2D eigenvalue weighted by Gasteiger charge is 2.15. The molecule has 2 nitrogen and oxygen atoms in total. The molecule has 0 aliphatic rings. The quantitative estimate of drug-likeness (QED) is 0.568. The number of pyridine rings is 1. The summed E-state index contributed by atoms with van der Waals surface area (Å²) in [5, 5.41) is -0.354. The highest BCUT2D eigenvalue weighted by Crippen LogP contribution is 2.21. The van der Waals surface area contributed by atoms with Gasteiger partial charge < -0.3 is 0 Å². The van der Waals surface area contributed by atoms with Crippen molar-refractivity contribution in [1.82, 2.24) is 4.98 Å².